The van der Waals surface area contributed by atoms with Crippen LogP contribution in [0.3, 0.4) is 0 Å². The largest absolute Gasteiger partial charge is 0.493 e. The predicted octanol–water partition coefficient (Wildman–Crippen LogP) is 2.06. The third kappa shape index (κ3) is 4.40. The summed E-state index contributed by atoms with van der Waals surface area (Å²) in [4.78, 5) is 0. The number of hydrogen-bond donors (Lipinski definition) is 1. The van der Waals surface area contributed by atoms with Gasteiger partial charge in [-0.15, -0.1) is 11.6 Å². The molecule has 3 nitrogen and oxygen atoms in total. The fourth-order valence-electron chi connectivity index (χ4n) is 1.15. The zero-order valence-corrected chi connectivity index (χ0v) is 10.2. The number of alkyl halides is 1. The van der Waals surface area contributed by atoms with Crippen LogP contribution >= 0.6 is 11.6 Å². The van der Waals surface area contributed by atoms with Crippen molar-refractivity contribution in [2.24, 2.45) is 5.73 Å². The second kappa shape index (κ2) is 8.38. The highest BCUT2D eigenvalue weighted by Crippen LogP contribution is 2.27. The van der Waals surface area contributed by atoms with Crippen LogP contribution in [0.4, 0.5) is 0 Å². The first-order chi connectivity index (χ1) is 7.31. The molecule has 2 N–H and O–H groups in total. The lowest BCUT2D eigenvalue weighted by Crippen LogP contribution is -1.93. The first-order valence-electron chi connectivity index (χ1n) is 4.66. The van der Waals surface area contributed by atoms with Crippen LogP contribution in [0.25, 0.3) is 0 Å². The molecule has 0 saturated heterocycles. The van der Waals surface area contributed by atoms with Gasteiger partial charge in [0.1, 0.15) is 0 Å². The number of rotatable bonds is 4. The van der Waals surface area contributed by atoms with Gasteiger partial charge in [-0.2, -0.15) is 0 Å². The molecule has 0 spiro atoms. The number of ether oxygens (including phenoxy) is 2. The highest BCUT2D eigenvalue weighted by atomic mass is 35.5. The topological polar surface area (TPSA) is 44.5 Å². The quantitative estimate of drug-likeness (QED) is 0.807. The van der Waals surface area contributed by atoms with E-state index in [0.29, 0.717) is 5.88 Å². The van der Waals surface area contributed by atoms with Crippen molar-refractivity contribution in [2.45, 2.75) is 6.42 Å². The summed E-state index contributed by atoms with van der Waals surface area (Å²) in [5.41, 5.74) is 5.66. The van der Waals surface area contributed by atoms with Crippen LogP contribution in [-0.4, -0.2) is 27.1 Å². The van der Waals surface area contributed by atoms with Crippen LogP contribution in [0.15, 0.2) is 18.2 Å². The van der Waals surface area contributed by atoms with Crippen LogP contribution in [0.5, 0.6) is 11.5 Å². The molecule has 4 heteroatoms. The molecule has 0 radical (unpaired) electrons. The van der Waals surface area contributed by atoms with Gasteiger partial charge in [0, 0.05) is 5.88 Å². The maximum Gasteiger partial charge on any atom is 0.160 e. The standard InChI is InChI=1S/C10H13ClO2.CH5N/c1-12-9-4-3-8(5-6-11)7-10(9)13-2;1-2/h3-4,7H,5-6H2,1-2H3;2H2,1H3. The van der Waals surface area contributed by atoms with Crippen LogP contribution in [0.2, 0.25) is 0 Å². The van der Waals surface area contributed by atoms with E-state index < -0.39 is 0 Å². The molecule has 1 aromatic rings. The first-order valence-corrected chi connectivity index (χ1v) is 5.20. The lowest BCUT2D eigenvalue weighted by molar-refractivity contribution is 0.354. The average Bonchev–Trinajstić information content (AvgIpc) is 2.32. The highest BCUT2D eigenvalue weighted by molar-refractivity contribution is 6.17. The molecule has 0 saturated carbocycles. The Balaban J connectivity index is 0.000000921. The minimum Gasteiger partial charge on any atom is -0.493 e. The molecule has 0 bridgehead atoms. The normalized spacial score (nSPS) is 8.87. The van der Waals surface area contributed by atoms with Gasteiger partial charge in [-0.1, -0.05) is 6.07 Å². The Labute approximate surface area is 96.1 Å². The van der Waals surface area contributed by atoms with Gasteiger partial charge in [0.15, 0.2) is 11.5 Å². The lowest BCUT2D eigenvalue weighted by Gasteiger charge is -2.08. The predicted molar refractivity (Wildman–Crippen MR) is 64.1 cm³/mol. The molecule has 0 aliphatic carbocycles. The van der Waals surface area contributed by atoms with Crippen molar-refractivity contribution in [1.29, 1.82) is 0 Å². The van der Waals surface area contributed by atoms with Gasteiger partial charge in [0.2, 0.25) is 0 Å². The van der Waals surface area contributed by atoms with E-state index in [1.807, 2.05) is 18.2 Å². The van der Waals surface area contributed by atoms with Gasteiger partial charge >= 0.3 is 0 Å². The van der Waals surface area contributed by atoms with Crippen LogP contribution in [-0.2, 0) is 6.42 Å². The molecule has 0 unspecified atom stereocenters. The molecule has 0 aromatic heterocycles. The maximum atomic E-state index is 5.63. The van der Waals surface area contributed by atoms with Gasteiger partial charge in [0.25, 0.3) is 0 Å². The van der Waals surface area contributed by atoms with Crippen molar-refractivity contribution < 1.29 is 9.47 Å². The molecule has 0 atom stereocenters. The van der Waals surface area contributed by atoms with E-state index in [1.54, 1.807) is 14.2 Å². The van der Waals surface area contributed by atoms with Gasteiger partial charge < -0.3 is 15.2 Å². The third-order valence-electron chi connectivity index (χ3n) is 1.83. The fourth-order valence-corrected chi connectivity index (χ4v) is 1.36. The molecule has 0 heterocycles. The fraction of sp³-hybridized carbons (Fsp3) is 0.455. The first kappa shape index (κ1) is 14.1. The SMILES string of the molecule is CN.COc1ccc(CCCl)cc1OC. The molecule has 86 valence electrons. The van der Waals surface area contributed by atoms with Crippen molar-refractivity contribution >= 4 is 11.6 Å². The van der Waals surface area contributed by atoms with Gasteiger partial charge in [-0.3, -0.25) is 0 Å². The van der Waals surface area contributed by atoms with Crippen molar-refractivity contribution in [3.8, 4) is 11.5 Å². The Bertz CT molecular complexity index is 279. The van der Waals surface area contributed by atoms with Crippen molar-refractivity contribution in [1.82, 2.24) is 0 Å². The second-order valence-corrected chi connectivity index (χ2v) is 3.01. The highest BCUT2D eigenvalue weighted by Gasteiger charge is 2.03. The van der Waals surface area contributed by atoms with Gasteiger partial charge in [0.05, 0.1) is 14.2 Å². The Morgan fingerprint density at radius 2 is 1.73 bits per heavy atom. The minimum absolute atomic E-state index is 0.621. The molecular weight excluding hydrogens is 214 g/mol. The summed E-state index contributed by atoms with van der Waals surface area (Å²) >= 11 is 5.63. The Kier molecular flexibility index (Phi) is 7.86. The molecule has 15 heavy (non-hydrogen) atoms. The Morgan fingerprint density at radius 3 is 2.20 bits per heavy atom. The summed E-state index contributed by atoms with van der Waals surface area (Å²) in [6.45, 7) is 0. The van der Waals surface area contributed by atoms with E-state index in [-0.39, 0.29) is 0 Å². The van der Waals surface area contributed by atoms with E-state index in [4.69, 9.17) is 21.1 Å². The zero-order valence-electron chi connectivity index (χ0n) is 9.42. The summed E-state index contributed by atoms with van der Waals surface area (Å²) in [5.74, 6) is 2.13. The molecule has 0 aliphatic rings. The number of nitrogens with two attached hydrogens (primary N) is 1. The monoisotopic (exact) mass is 231 g/mol. The van der Waals surface area contributed by atoms with Gasteiger partial charge in [-0.05, 0) is 31.2 Å². The Morgan fingerprint density at radius 1 is 1.13 bits per heavy atom. The number of hydrogen-bond acceptors (Lipinski definition) is 3. The van der Waals surface area contributed by atoms with Gasteiger partial charge in [-0.25, -0.2) is 0 Å². The average molecular weight is 232 g/mol. The smallest absolute Gasteiger partial charge is 0.160 e. The number of methoxy groups -OCH3 is 2. The van der Waals surface area contributed by atoms with E-state index in [1.165, 1.54) is 7.05 Å². The molecule has 1 aromatic carbocycles. The van der Waals surface area contributed by atoms with E-state index in [2.05, 4.69) is 5.73 Å². The Hall–Kier alpha value is -0.930. The summed E-state index contributed by atoms with van der Waals surface area (Å²) in [5, 5.41) is 0. The zero-order chi connectivity index (χ0) is 11.7. The summed E-state index contributed by atoms with van der Waals surface area (Å²) in [7, 11) is 4.75. The molecular formula is C11H18ClNO2. The second-order valence-electron chi connectivity index (χ2n) is 2.63. The number of halogens is 1. The number of benzene rings is 1. The molecule has 0 amide bonds. The summed E-state index contributed by atoms with van der Waals surface area (Å²) in [6.07, 6.45) is 0.849. The summed E-state index contributed by atoms with van der Waals surface area (Å²) in [6, 6.07) is 5.83. The van der Waals surface area contributed by atoms with Crippen LogP contribution < -0.4 is 15.2 Å². The van der Waals surface area contributed by atoms with E-state index in [9.17, 15) is 0 Å². The molecule has 0 fully saturated rings. The van der Waals surface area contributed by atoms with Crippen molar-refractivity contribution in [3.05, 3.63) is 23.8 Å². The van der Waals surface area contributed by atoms with Crippen molar-refractivity contribution in [2.75, 3.05) is 27.1 Å². The molecule has 0 aliphatic heterocycles. The maximum absolute atomic E-state index is 5.63. The van der Waals surface area contributed by atoms with E-state index in [0.717, 1.165) is 23.5 Å². The van der Waals surface area contributed by atoms with E-state index >= 15 is 0 Å². The molecule has 1 rings (SSSR count). The number of aryl methyl sites for hydroxylation is 1. The van der Waals surface area contributed by atoms with Crippen LogP contribution in [0.1, 0.15) is 5.56 Å². The minimum atomic E-state index is 0.621. The van der Waals surface area contributed by atoms with Crippen molar-refractivity contribution in [3.63, 3.8) is 0 Å². The van der Waals surface area contributed by atoms with Crippen LogP contribution in [0, 0.1) is 0 Å². The lowest BCUT2D eigenvalue weighted by atomic mass is 10.1. The summed E-state index contributed by atoms with van der Waals surface area (Å²) < 4.78 is 10.3. The third-order valence-corrected chi connectivity index (χ3v) is 2.02.